The van der Waals surface area contributed by atoms with Crippen LogP contribution >= 0.6 is 12.2 Å². The molecule has 0 spiro atoms. The summed E-state index contributed by atoms with van der Waals surface area (Å²) in [6.07, 6.45) is 0.984. The Morgan fingerprint density at radius 2 is 1.65 bits per heavy atom. The zero-order valence-corrected chi connectivity index (χ0v) is 10.2. The predicted octanol–water partition coefficient (Wildman–Crippen LogP) is 3.25. The molecule has 1 aliphatic heterocycles. The van der Waals surface area contributed by atoms with Crippen LogP contribution in [0.3, 0.4) is 0 Å². The van der Waals surface area contributed by atoms with Gasteiger partial charge in [-0.25, -0.2) is 0 Å². The maximum atomic E-state index is 5.36. The number of rotatable bonds is 2. The van der Waals surface area contributed by atoms with Gasteiger partial charge in [0.15, 0.2) is 0 Å². The fraction of sp³-hybridized carbons (Fsp3) is 0.133. The molecule has 0 saturated carbocycles. The molecule has 0 saturated heterocycles. The molecule has 2 aromatic rings. The molecule has 1 unspecified atom stereocenters. The molecule has 0 fully saturated rings. The van der Waals surface area contributed by atoms with Crippen LogP contribution in [0.4, 0.5) is 0 Å². The van der Waals surface area contributed by atoms with Gasteiger partial charge in [-0.3, -0.25) is 0 Å². The van der Waals surface area contributed by atoms with E-state index in [4.69, 9.17) is 12.2 Å². The summed E-state index contributed by atoms with van der Waals surface area (Å²) in [5.74, 6) is 0. The molecule has 1 N–H and O–H groups in total. The maximum Gasteiger partial charge on any atom is 0.107 e. The van der Waals surface area contributed by atoms with E-state index in [0.717, 1.165) is 11.4 Å². The predicted molar refractivity (Wildman–Crippen MR) is 74.2 cm³/mol. The second-order valence-corrected chi connectivity index (χ2v) is 4.71. The van der Waals surface area contributed by atoms with E-state index in [1.165, 1.54) is 16.7 Å². The van der Waals surface area contributed by atoms with Crippen molar-refractivity contribution in [2.75, 3.05) is 0 Å². The average Bonchev–Trinajstić information content (AvgIpc) is 2.69. The summed E-state index contributed by atoms with van der Waals surface area (Å²) in [7, 11) is 0. The zero-order chi connectivity index (χ0) is 11.7. The van der Waals surface area contributed by atoms with Gasteiger partial charge in [0.2, 0.25) is 0 Å². The molecule has 17 heavy (non-hydrogen) atoms. The number of fused-ring (bicyclic) bond motifs is 1. The highest BCUT2D eigenvalue weighted by molar-refractivity contribution is 7.80. The van der Waals surface area contributed by atoms with Crippen LogP contribution in [0.2, 0.25) is 0 Å². The van der Waals surface area contributed by atoms with Gasteiger partial charge in [-0.2, -0.15) is 0 Å². The van der Waals surface area contributed by atoms with Crippen molar-refractivity contribution in [1.29, 1.82) is 0 Å². The van der Waals surface area contributed by atoms with Crippen molar-refractivity contribution in [2.24, 2.45) is 0 Å². The molecule has 2 aromatic carbocycles. The first-order chi connectivity index (χ1) is 8.34. The Hall–Kier alpha value is -1.67. The van der Waals surface area contributed by atoms with Crippen molar-refractivity contribution in [3.8, 4) is 0 Å². The first-order valence-electron chi connectivity index (χ1n) is 5.78. The summed E-state index contributed by atoms with van der Waals surface area (Å²) >= 11 is 5.36. The molecule has 1 aliphatic rings. The molecule has 1 heterocycles. The van der Waals surface area contributed by atoms with Gasteiger partial charge in [-0.05, 0) is 17.5 Å². The minimum Gasteiger partial charge on any atom is -0.369 e. The van der Waals surface area contributed by atoms with Crippen molar-refractivity contribution in [3.05, 3.63) is 71.3 Å². The molecule has 0 aliphatic carbocycles. The quantitative estimate of drug-likeness (QED) is 0.807. The summed E-state index contributed by atoms with van der Waals surface area (Å²) in [5, 5.41) is 3.40. The number of nitrogens with one attached hydrogen (secondary N) is 1. The van der Waals surface area contributed by atoms with Crippen molar-refractivity contribution in [3.63, 3.8) is 0 Å². The number of hydrogen-bond donors (Lipinski definition) is 1. The number of benzene rings is 2. The Balaban J connectivity index is 1.90. The normalized spacial score (nSPS) is 17.6. The summed E-state index contributed by atoms with van der Waals surface area (Å²) in [6.45, 7) is 0. The summed E-state index contributed by atoms with van der Waals surface area (Å²) < 4.78 is 0. The summed E-state index contributed by atoms with van der Waals surface area (Å²) in [6, 6.07) is 19.2. The van der Waals surface area contributed by atoms with Gasteiger partial charge < -0.3 is 5.32 Å². The van der Waals surface area contributed by atoms with Gasteiger partial charge in [0, 0.05) is 5.56 Å². The summed E-state index contributed by atoms with van der Waals surface area (Å²) in [5.41, 5.74) is 3.84. The van der Waals surface area contributed by atoms with Gasteiger partial charge in [0.05, 0.1) is 6.04 Å². The lowest BCUT2D eigenvalue weighted by molar-refractivity contribution is 0.671. The van der Waals surface area contributed by atoms with Crippen molar-refractivity contribution in [2.45, 2.75) is 12.5 Å². The molecular formula is C15H13NS. The highest BCUT2D eigenvalue weighted by atomic mass is 32.1. The zero-order valence-electron chi connectivity index (χ0n) is 9.39. The second-order valence-electron chi connectivity index (χ2n) is 4.30. The van der Waals surface area contributed by atoms with E-state index in [2.05, 4.69) is 47.8 Å². The first-order valence-corrected chi connectivity index (χ1v) is 6.19. The van der Waals surface area contributed by atoms with Gasteiger partial charge in [-0.15, -0.1) is 0 Å². The molecular weight excluding hydrogens is 226 g/mol. The minimum atomic E-state index is 0.320. The molecule has 0 aromatic heterocycles. The number of thiocarbonyl (C=S) groups is 1. The molecule has 0 amide bonds. The molecule has 1 nitrogen and oxygen atoms in total. The Kier molecular flexibility index (Phi) is 2.65. The lowest BCUT2D eigenvalue weighted by atomic mass is 9.99. The third kappa shape index (κ3) is 1.96. The van der Waals surface area contributed by atoms with Crippen LogP contribution in [-0.2, 0) is 6.42 Å². The number of hydrogen-bond acceptors (Lipinski definition) is 1. The molecule has 0 radical (unpaired) electrons. The van der Waals surface area contributed by atoms with Crippen LogP contribution in [0.5, 0.6) is 0 Å². The van der Waals surface area contributed by atoms with E-state index < -0.39 is 0 Å². The largest absolute Gasteiger partial charge is 0.369 e. The molecule has 2 heteroatoms. The lowest BCUT2D eigenvalue weighted by Gasteiger charge is -2.12. The topological polar surface area (TPSA) is 12.0 Å². The van der Waals surface area contributed by atoms with Crippen LogP contribution in [0.25, 0.3) is 0 Å². The van der Waals surface area contributed by atoms with Crippen LogP contribution in [0.15, 0.2) is 54.6 Å². The van der Waals surface area contributed by atoms with Crippen molar-refractivity contribution in [1.82, 2.24) is 5.32 Å². The lowest BCUT2D eigenvalue weighted by Crippen LogP contribution is -2.19. The van der Waals surface area contributed by atoms with Crippen molar-refractivity contribution >= 4 is 17.2 Å². The van der Waals surface area contributed by atoms with Crippen molar-refractivity contribution < 1.29 is 0 Å². The van der Waals surface area contributed by atoms with Gasteiger partial charge in [0.1, 0.15) is 4.99 Å². The standard InChI is InChI=1S/C15H13NS/c17-15-13-9-5-4-8-12(13)14(16-15)10-11-6-2-1-3-7-11/h1-9,14H,10H2,(H,16,17). The Bertz CT molecular complexity index is 548. The highest BCUT2D eigenvalue weighted by Crippen LogP contribution is 2.28. The van der Waals surface area contributed by atoms with Crippen LogP contribution in [0.1, 0.15) is 22.7 Å². The molecule has 0 bridgehead atoms. The average molecular weight is 239 g/mol. The van der Waals surface area contributed by atoms with E-state index in [1.54, 1.807) is 0 Å². The fourth-order valence-corrected chi connectivity index (χ4v) is 2.66. The Morgan fingerprint density at radius 3 is 2.47 bits per heavy atom. The second kappa shape index (κ2) is 4.30. The van der Waals surface area contributed by atoms with E-state index >= 15 is 0 Å². The SMILES string of the molecule is S=C1NC(Cc2ccccc2)c2ccccc21. The smallest absolute Gasteiger partial charge is 0.107 e. The third-order valence-electron chi connectivity index (χ3n) is 3.17. The minimum absolute atomic E-state index is 0.320. The van der Waals surface area contributed by atoms with E-state index in [9.17, 15) is 0 Å². The molecule has 3 rings (SSSR count). The Morgan fingerprint density at radius 1 is 0.941 bits per heavy atom. The van der Waals surface area contributed by atoms with Gasteiger partial charge >= 0.3 is 0 Å². The third-order valence-corrected chi connectivity index (χ3v) is 3.51. The highest BCUT2D eigenvalue weighted by Gasteiger charge is 2.24. The van der Waals surface area contributed by atoms with E-state index in [-0.39, 0.29) is 0 Å². The van der Waals surface area contributed by atoms with Crippen LogP contribution in [-0.4, -0.2) is 4.99 Å². The van der Waals surface area contributed by atoms with Gasteiger partial charge in [0.25, 0.3) is 0 Å². The summed E-state index contributed by atoms with van der Waals surface area (Å²) in [4.78, 5) is 0.876. The maximum absolute atomic E-state index is 5.36. The fourth-order valence-electron chi connectivity index (χ4n) is 2.33. The van der Waals surface area contributed by atoms with Crippen LogP contribution < -0.4 is 5.32 Å². The van der Waals surface area contributed by atoms with Crippen LogP contribution in [0, 0.1) is 0 Å². The van der Waals surface area contributed by atoms with Gasteiger partial charge in [-0.1, -0.05) is 66.8 Å². The molecule has 84 valence electrons. The first kappa shape index (κ1) is 10.5. The molecule has 1 atom stereocenters. The van der Waals surface area contributed by atoms with E-state index in [0.29, 0.717) is 6.04 Å². The Labute approximate surface area is 106 Å². The van der Waals surface area contributed by atoms with E-state index in [1.807, 2.05) is 12.1 Å². The monoisotopic (exact) mass is 239 g/mol.